The zero-order valence-corrected chi connectivity index (χ0v) is 16.1. The van der Waals surface area contributed by atoms with Gasteiger partial charge in [-0.05, 0) is 58.9 Å². The van der Waals surface area contributed by atoms with Gasteiger partial charge in [-0.25, -0.2) is 0 Å². The molecule has 138 valence electrons. The van der Waals surface area contributed by atoms with Crippen molar-refractivity contribution in [3.63, 3.8) is 0 Å². The Bertz CT molecular complexity index is 1130. The Morgan fingerprint density at radius 3 is 2.54 bits per heavy atom. The maximum atomic E-state index is 12.8. The molecule has 28 heavy (non-hydrogen) atoms. The fraction of sp³-hybridized carbons (Fsp3) is 0. The number of fused-ring (bicyclic) bond motifs is 1. The Balaban J connectivity index is 1.59. The lowest BCUT2D eigenvalue weighted by Gasteiger charge is -2.15. The van der Waals surface area contributed by atoms with Gasteiger partial charge in [0.1, 0.15) is 5.75 Å². The Hall–Kier alpha value is -3.16. The SMILES string of the molecule is O=C(NN1C(=O)/C(=C/c2cccc3ccccc23)SC1=S)c1ccc(O)cc1. The van der Waals surface area contributed by atoms with Crippen molar-refractivity contribution in [2.45, 2.75) is 0 Å². The van der Waals surface area contributed by atoms with Crippen LogP contribution >= 0.6 is 24.0 Å². The zero-order valence-electron chi connectivity index (χ0n) is 14.5. The summed E-state index contributed by atoms with van der Waals surface area (Å²) < 4.78 is 0.253. The van der Waals surface area contributed by atoms with Gasteiger partial charge < -0.3 is 5.11 Å². The number of benzene rings is 3. The Kier molecular flexibility index (Phi) is 4.85. The predicted octanol–water partition coefficient (Wildman–Crippen LogP) is 4.09. The summed E-state index contributed by atoms with van der Waals surface area (Å²) in [4.78, 5) is 25.6. The number of nitrogens with one attached hydrogen (secondary N) is 1. The van der Waals surface area contributed by atoms with Crippen LogP contribution < -0.4 is 5.43 Å². The fourth-order valence-corrected chi connectivity index (χ4v) is 4.03. The fourth-order valence-electron chi connectivity index (χ4n) is 2.86. The third-order valence-electron chi connectivity index (χ3n) is 4.25. The molecular formula is C21H14N2O3S2. The van der Waals surface area contributed by atoms with Crippen LogP contribution in [0.5, 0.6) is 5.75 Å². The number of phenols is 1. The van der Waals surface area contributed by atoms with Gasteiger partial charge in [0.2, 0.25) is 0 Å². The number of nitrogens with zero attached hydrogens (tertiary/aromatic N) is 1. The van der Waals surface area contributed by atoms with Gasteiger partial charge in [-0.2, -0.15) is 5.01 Å². The first-order valence-electron chi connectivity index (χ1n) is 8.39. The van der Waals surface area contributed by atoms with Crippen LogP contribution in [0.3, 0.4) is 0 Å². The zero-order chi connectivity index (χ0) is 19.7. The van der Waals surface area contributed by atoms with Crippen molar-refractivity contribution in [2.75, 3.05) is 0 Å². The summed E-state index contributed by atoms with van der Waals surface area (Å²) in [5.74, 6) is -0.807. The molecule has 3 aromatic carbocycles. The number of carbonyl (C=O) groups excluding carboxylic acids is 2. The van der Waals surface area contributed by atoms with Gasteiger partial charge in [-0.1, -0.05) is 54.2 Å². The van der Waals surface area contributed by atoms with E-state index in [0.717, 1.165) is 33.1 Å². The maximum Gasteiger partial charge on any atom is 0.285 e. The number of phenolic OH excluding ortho intramolecular Hbond substituents is 1. The van der Waals surface area contributed by atoms with Crippen molar-refractivity contribution in [1.82, 2.24) is 10.4 Å². The van der Waals surface area contributed by atoms with E-state index in [2.05, 4.69) is 5.43 Å². The van der Waals surface area contributed by atoms with Gasteiger partial charge >= 0.3 is 0 Å². The monoisotopic (exact) mass is 406 g/mol. The Morgan fingerprint density at radius 1 is 1.04 bits per heavy atom. The molecule has 0 atom stereocenters. The molecule has 3 aromatic rings. The molecule has 5 nitrogen and oxygen atoms in total. The summed E-state index contributed by atoms with van der Waals surface area (Å²) in [6, 6.07) is 19.5. The summed E-state index contributed by atoms with van der Waals surface area (Å²) in [5.41, 5.74) is 3.74. The van der Waals surface area contributed by atoms with E-state index in [0.29, 0.717) is 10.5 Å². The van der Waals surface area contributed by atoms with Crippen LogP contribution in [0.4, 0.5) is 0 Å². The topological polar surface area (TPSA) is 69.6 Å². The van der Waals surface area contributed by atoms with Crippen molar-refractivity contribution < 1.29 is 14.7 Å². The van der Waals surface area contributed by atoms with Crippen LogP contribution in [0.25, 0.3) is 16.8 Å². The number of hydrogen-bond acceptors (Lipinski definition) is 5. The molecule has 1 saturated heterocycles. The third kappa shape index (κ3) is 3.49. The highest BCUT2D eigenvalue weighted by atomic mass is 32.2. The molecule has 4 rings (SSSR count). The molecule has 7 heteroatoms. The summed E-state index contributed by atoms with van der Waals surface area (Å²) in [6.45, 7) is 0. The van der Waals surface area contributed by atoms with Gasteiger partial charge in [0.05, 0.1) is 4.91 Å². The lowest BCUT2D eigenvalue weighted by molar-refractivity contribution is -0.123. The van der Waals surface area contributed by atoms with Gasteiger partial charge in [0, 0.05) is 5.56 Å². The van der Waals surface area contributed by atoms with E-state index in [9.17, 15) is 14.7 Å². The first kappa shape index (κ1) is 18.2. The van der Waals surface area contributed by atoms with Crippen LogP contribution in [0.2, 0.25) is 0 Å². The Morgan fingerprint density at radius 2 is 1.75 bits per heavy atom. The van der Waals surface area contributed by atoms with Crippen LogP contribution in [0, 0.1) is 0 Å². The number of thiocarbonyl (C=S) groups is 1. The molecule has 1 fully saturated rings. The maximum absolute atomic E-state index is 12.8. The van der Waals surface area contributed by atoms with Crippen LogP contribution in [0.15, 0.2) is 71.6 Å². The molecule has 2 amide bonds. The van der Waals surface area contributed by atoms with Gasteiger partial charge in [0.15, 0.2) is 4.32 Å². The van der Waals surface area contributed by atoms with Gasteiger partial charge in [0.25, 0.3) is 11.8 Å². The van der Waals surface area contributed by atoms with E-state index in [1.807, 2.05) is 42.5 Å². The molecule has 0 aromatic heterocycles. The van der Waals surface area contributed by atoms with E-state index in [4.69, 9.17) is 12.2 Å². The van der Waals surface area contributed by atoms with Crippen molar-refractivity contribution in [3.05, 3.63) is 82.8 Å². The number of amides is 2. The molecular weight excluding hydrogens is 392 g/mol. The first-order valence-corrected chi connectivity index (χ1v) is 9.61. The van der Waals surface area contributed by atoms with Crippen LogP contribution in [-0.2, 0) is 4.79 Å². The molecule has 1 aliphatic heterocycles. The van der Waals surface area contributed by atoms with Crippen LogP contribution in [0.1, 0.15) is 15.9 Å². The average molecular weight is 406 g/mol. The minimum absolute atomic E-state index is 0.0557. The highest BCUT2D eigenvalue weighted by Crippen LogP contribution is 2.33. The summed E-state index contributed by atoms with van der Waals surface area (Å²) in [5, 5.41) is 12.5. The molecule has 2 N–H and O–H groups in total. The minimum atomic E-state index is -0.484. The van der Waals surface area contributed by atoms with Crippen molar-refractivity contribution in [1.29, 1.82) is 0 Å². The number of aromatic hydroxyl groups is 1. The highest BCUT2D eigenvalue weighted by molar-refractivity contribution is 8.26. The first-order chi connectivity index (χ1) is 13.5. The molecule has 0 aliphatic carbocycles. The number of rotatable bonds is 3. The van der Waals surface area contributed by atoms with Gasteiger partial charge in [-0.15, -0.1) is 0 Å². The number of hydrazine groups is 1. The molecule has 0 spiro atoms. The number of carbonyl (C=O) groups is 2. The van der Waals surface area contributed by atoms with E-state index < -0.39 is 5.91 Å². The van der Waals surface area contributed by atoms with Crippen molar-refractivity contribution in [2.24, 2.45) is 0 Å². The van der Waals surface area contributed by atoms with Gasteiger partial charge in [-0.3, -0.25) is 15.0 Å². The Labute approximate surface area is 170 Å². The molecule has 0 unspecified atom stereocenters. The number of thioether (sulfide) groups is 1. The van der Waals surface area contributed by atoms with Crippen molar-refractivity contribution in [3.8, 4) is 5.75 Å². The molecule has 0 saturated carbocycles. The third-order valence-corrected chi connectivity index (χ3v) is 5.55. The second-order valence-electron chi connectivity index (χ2n) is 6.07. The molecule has 0 radical (unpaired) electrons. The lowest BCUT2D eigenvalue weighted by Crippen LogP contribution is -2.44. The lowest BCUT2D eigenvalue weighted by atomic mass is 10.0. The molecule has 0 bridgehead atoms. The minimum Gasteiger partial charge on any atom is -0.508 e. The number of hydrogen-bond donors (Lipinski definition) is 2. The normalized spacial score (nSPS) is 15.4. The van der Waals surface area contributed by atoms with Crippen molar-refractivity contribution >= 4 is 57.0 Å². The average Bonchev–Trinajstić information content (AvgIpc) is 2.96. The summed E-state index contributed by atoms with van der Waals surface area (Å²) in [7, 11) is 0. The molecule has 1 heterocycles. The molecule has 1 aliphatic rings. The van der Waals surface area contributed by atoms with E-state index in [1.165, 1.54) is 24.3 Å². The van der Waals surface area contributed by atoms with E-state index >= 15 is 0 Å². The van der Waals surface area contributed by atoms with Crippen LogP contribution in [-0.4, -0.2) is 26.3 Å². The largest absolute Gasteiger partial charge is 0.508 e. The predicted molar refractivity (Wildman–Crippen MR) is 115 cm³/mol. The standard InChI is InChI=1S/C21H14N2O3S2/c24-16-10-8-14(9-11-16)19(25)22-23-20(26)18(28-21(23)27)12-15-6-3-5-13-4-1-2-7-17(13)15/h1-12,24H,(H,22,25)/b18-12-. The highest BCUT2D eigenvalue weighted by Gasteiger charge is 2.33. The second kappa shape index (κ2) is 7.46. The summed E-state index contributed by atoms with van der Waals surface area (Å²) in [6.07, 6.45) is 1.79. The van der Waals surface area contributed by atoms with E-state index in [-0.39, 0.29) is 16.0 Å². The smallest absolute Gasteiger partial charge is 0.285 e. The van der Waals surface area contributed by atoms with E-state index in [1.54, 1.807) is 6.08 Å². The quantitative estimate of drug-likeness (QED) is 0.506. The summed E-state index contributed by atoms with van der Waals surface area (Å²) >= 11 is 6.41. The second-order valence-corrected chi connectivity index (χ2v) is 7.75.